The maximum Gasteiger partial charge on any atom is -0.0225 e. The van der Waals surface area contributed by atoms with E-state index in [2.05, 4.69) is 50.8 Å². The van der Waals surface area contributed by atoms with Crippen molar-refractivity contribution in [2.75, 3.05) is 0 Å². The van der Waals surface area contributed by atoms with Gasteiger partial charge < -0.3 is 0 Å². The fourth-order valence-electron chi connectivity index (χ4n) is 1.11. The lowest BCUT2D eigenvalue weighted by atomic mass is 10.0. The summed E-state index contributed by atoms with van der Waals surface area (Å²) >= 11 is 0. The lowest BCUT2D eigenvalue weighted by molar-refractivity contribution is 1.37. The molecule has 0 aromatic heterocycles. The Morgan fingerprint density at radius 2 is 1.67 bits per heavy atom. The molecule has 0 radical (unpaired) electrons. The van der Waals surface area contributed by atoms with Crippen LogP contribution in [0.3, 0.4) is 0 Å². The second-order valence-electron chi connectivity index (χ2n) is 3.46. The number of hydrogen-bond donors (Lipinski definition) is 0. The monoisotopic (exact) mass is 202 g/mol. The summed E-state index contributed by atoms with van der Waals surface area (Å²) in [6.07, 6.45) is 2.18. The summed E-state index contributed by atoms with van der Waals surface area (Å²) in [6.45, 7) is 14.2. The van der Waals surface area contributed by atoms with Crippen molar-refractivity contribution in [3.63, 3.8) is 0 Å². The van der Waals surface area contributed by atoms with Crippen molar-refractivity contribution < 1.29 is 0 Å². The Bertz CT molecular complexity index is 343. The summed E-state index contributed by atoms with van der Waals surface area (Å²) in [5.41, 5.74) is 4.96. The summed E-state index contributed by atoms with van der Waals surface area (Å²) in [5.74, 6) is 0. The van der Waals surface area contributed by atoms with Crippen molar-refractivity contribution in [1.82, 2.24) is 0 Å². The average molecular weight is 202 g/mol. The predicted molar refractivity (Wildman–Crippen MR) is 71.0 cm³/mol. The highest BCUT2D eigenvalue weighted by Crippen LogP contribution is 2.15. The van der Waals surface area contributed by atoms with E-state index in [1.165, 1.54) is 16.7 Å². The van der Waals surface area contributed by atoms with Crippen LogP contribution in [0.5, 0.6) is 0 Å². The highest BCUT2D eigenvalue weighted by Gasteiger charge is 1.94. The number of rotatable bonds is 2. The number of aryl methyl sites for hydroxylation is 1. The summed E-state index contributed by atoms with van der Waals surface area (Å²) in [4.78, 5) is 0. The van der Waals surface area contributed by atoms with E-state index < -0.39 is 0 Å². The molecular weight excluding hydrogens is 180 g/mol. The molecule has 15 heavy (non-hydrogen) atoms. The first-order chi connectivity index (χ1) is 7.11. The van der Waals surface area contributed by atoms with Gasteiger partial charge in [0.2, 0.25) is 0 Å². The van der Waals surface area contributed by atoms with E-state index >= 15 is 0 Å². The van der Waals surface area contributed by atoms with E-state index in [0.29, 0.717) is 0 Å². The minimum absolute atomic E-state index is 1.13. The summed E-state index contributed by atoms with van der Waals surface area (Å²) in [7, 11) is 0. The Hall–Kier alpha value is -1.30. The Morgan fingerprint density at radius 1 is 1.13 bits per heavy atom. The zero-order valence-electron chi connectivity index (χ0n) is 10.6. The third kappa shape index (κ3) is 4.64. The van der Waals surface area contributed by atoms with Gasteiger partial charge in [-0.1, -0.05) is 56.3 Å². The van der Waals surface area contributed by atoms with Crippen molar-refractivity contribution in [2.24, 2.45) is 0 Å². The molecule has 0 unspecified atom stereocenters. The predicted octanol–water partition coefficient (Wildman–Crippen LogP) is 5.00. The van der Waals surface area contributed by atoms with Crippen LogP contribution in [0.25, 0.3) is 6.08 Å². The highest BCUT2D eigenvalue weighted by atomic mass is 14.0. The molecule has 0 aliphatic rings. The van der Waals surface area contributed by atoms with Gasteiger partial charge in [0.25, 0.3) is 0 Å². The van der Waals surface area contributed by atoms with Crippen LogP contribution in [-0.2, 0) is 0 Å². The van der Waals surface area contributed by atoms with E-state index in [9.17, 15) is 0 Å². The van der Waals surface area contributed by atoms with E-state index in [1.54, 1.807) is 0 Å². The second kappa shape index (κ2) is 7.05. The molecule has 1 aromatic rings. The number of allylic oxidation sites excluding steroid dienone is 2. The van der Waals surface area contributed by atoms with Gasteiger partial charge in [-0.2, -0.15) is 0 Å². The standard InChI is InChI=1S/C13H16.C2H6/c1-10(2)12(4)9-13-8-6-5-7-11(13)3;1-2/h5-9H,1H2,2-4H3;1-2H3/b12-9-;. The Labute approximate surface area is 94.3 Å². The van der Waals surface area contributed by atoms with E-state index in [0.717, 1.165) is 5.57 Å². The first-order valence-electron chi connectivity index (χ1n) is 5.51. The van der Waals surface area contributed by atoms with Gasteiger partial charge in [-0.15, -0.1) is 0 Å². The maximum atomic E-state index is 3.91. The molecule has 0 fully saturated rings. The second-order valence-corrected chi connectivity index (χ2v) is 3.46. The van der Waals surface area contributed by atoms with Gasteiger partial charge in [0.15, 0.2) is 0 Å². The summed E-state index contributed by atoms with van der Waals surface area (Å²) in [5, 5.41) is 0. The van der Waals surface area contributed by atoms with Crippen molar-refractivity contribution in [3.05, 3.63) is 53.1 Å². The molecule has 82 valence electrons. The largest absolute Gasteiger partial charge is 0.0958 e. The lowest BCUT2D eigenvalue weighted by Gasteiger charge is -2.02. The lowest BCUT2D eigenvalue weighted by Crippen LogP contribution is -1.82. The minimum Gasteiger partial charge on any atom is -0.0958 e. The molecule has 0 heterocycles. The van der Waals surface area contributed by atoms with Crippen molar-refractivity contribution in [1.29, 1.82) is 0 Å². The normalized spacial score (nSPS) is 10.3. The van der Waals surface area contributed by atoms with Gasteiger partial charge in [-0.05, 0) is 37.5 Å². The molecule has 0 spiro atoms. The van der Waals surface area contributed by atoms with Gasteiger partial charge in [-0.3, -0.25) is 0 Å². The first kappa shape index (κ1) is 13.7. The van der Waals surface area contributed by atoms with Crippen LogP contribution in [0.15, 0.2) is 42.0 Å². The summed E-state index contributed by atoms with van der Waals surface area (Å²) in [6, 6.07) is 8.37. The number of hydrogen-bond acceptors (Lipinski definition) is 0. The van der Waals surface area contributed by atoms with E-state index in [-0.39, 0.29) is 0 Å². The maximum absolute atomic E-state index is 3.91. The Balaban J connectivity index is 0.000000921. The van der Waals surface area contributed by atoms with Gasteiger partial charge in [0.1, 0.15) is 0 Å². The van der Waals surface area contributed by atoms with Crippen molar-refractivity contribution in [2.45, 2.75) is 34.6 Å². The smallest absolute Gasteiger partial charge is 0.0225 e. The molecule has 0 heteroatoms. The zero-order valence-corrected chi connectivity index (χ0v) is 10.6. The highest BCUT2D eigenvalue weighted by molar-refractivity contribution is 5.59. The van der Waals surface area contributed by atoms with E-state index in [1.807, 2.05) is 20.8 Å². The molecule has 1 rings (SSSR count). The molecule has 0 saturated carbocycles. The molecule has 0 aliphatic heterocycles. The number of benzene rings is 1. The third-order valence-electron chi connectivity index (χ3n) is 2.23. The Kier molecular flexibility index (Phi) is 6.44. The molecule has 0 atom stereocenters. The van der Waals surface area contributed by atoms with Crippen LogP contribution in [0.1, 0.15) is 38.8 Å². The van der Waals surface area contributed by atoms with Gasteiger partial charge in [0, 0.05) is 0 Å². The molecule has 1 aromatic carbocycles. The third-order valence-corrected chi connectivity index (χ3v) is 2.23. The quantitative estimate of drug-likeness (QED) is 0.592. The van der Waals surface area contributed by atoms with Crippen LogP contribution in [0.4, 0.5) is 0 Å². The van der Waals surface area contributed by atoms with Gasteiger partial charge in [0.05, 0.1) is 0 Å². The first-order valence-corrected chi connectivity index (χ1v) is 5.51. The van der Waals surface area contributed by atoms with Gasteiger partial charge in [-0.25, -0.2) is 0 Å². The SMILES string of the molecule is C=C(C)/C(C)=C\c1ccccc1C.CC. The molecule has 0 N–H and O–H groups in total. The zero-order chi connectivity index (χ0) is 11.8. The molecule has 0 nitrogen and oxygen atoms in total. The minimum atomic E-state index is 1.13. The topological polar surface area (TPSA) is 0 Å². The summed E-state index contributed by atoms with van der Waals surface area (Å²) < 4.78 is 0. The Morgan fingerprint density at radius 3 is 2.13 bits per heavy atom. The fourth-order valence-corrected chi connectivity index (χ4v) is 1.11. The fraction of sp³-hybridized carbons (Fsp3) is 0.333. The van der Waals surface area contributed by atoms with Crippen molar-refractivity contribution >= 4 is 6.08 Å². The van der Waals surface area contributed by atoms with Gasteiger partial charge >= 0.3 is 0 Å². The van der Waals surface area contributed by atoms with Crippen LogP contribution >= 0.6 is 0 Å². The molecule has 0 bridgehead atoms. The van der Waals surface area contributed by atoms with Crippen molar-refractivity contribution in [3.8, 4) is 0 Å². The van der Waals surface area contributed by atoms with Crippen LogP contribution in [0.2, 0.25) is 0 Å². The van der Waals surface area contributed by atoms with Crippen LogP contribution in [0, 0.1) is 6.92 Å². The molecular formula is C15H22. The average Bonchev–Trinajstić information content (AvgIpc) is 2.24. The molecule has 0 amide bonds. The van der Waals surface area contributed by atoms with E-state index in [4.69, 9.17) is 0 Å². The van der Waals surface area contributed by atoms with Crippen LogP contribution in [-0.4, -0.2) is 0 Å². The molecule has 0 saturated heterocycles. The van der Waals surface area contributed by atoms with Crippen LogP contribution < -0.4 is 0 Å². The molecule has 0 aliphatic carbocycles.